The number of rotatable bonds is 4. The van der Waals surface area contributed by atoms with Gasteiger partial charge in [-0.1, -0.05) is 23.5 Å². The molecular weight excluding hydrogens is 260 g/mol. The van der Waals surface area contributed by atoms with Crippen LogP contribution in [0.1, 0.15) is 0 Å². The van der Waals surface area contributed by atoms with E-state index in [4.69, 9.17) is 0 Å². The summed E-state index contributed by atoms with van der Waals surface area (Å²) in [6, 6.07) is 6.57. The highest BCUT2D eigenvalue weighted by Crippen LogP contribution is 2.36. The number of hydrogen-bond acceptors (Lipinski definition) is 7. The van der Waals surface area contributed by atoms with Crippen molar-refractivity contribution in [3.8, 4) is 0 Å². The molecule has 0 aliphatic heterocycles. The van der Waals surface area contributed by atoms with E-state index in [1.54, 1.807) is 25.2 Å². The molecule has 0 bridgehead atoms. The van der Waals surface area contributed by atoms with Crippen LogP contribution in [-0.2, 0) is 0 Å². The molecule has 0 aliphatic carbocycles. The van der Waals surface area contributed by atoms with Crippen molar-refractivity contribution in [3.63, 3.8) is 0 Å². The lowest BCUT2D eigenvalue weighted by atomic mass is 10.3. The van der Waals surface area contributed by atoms with Crippen LogP contribution in [0.25, 0.3) is 0 Å². The Bertz CT molecular complexity index is 543. The van der Waals surface area contributed by atoms with Crippen LogP contribution in [0, 0.1) is 10.1 Å². The normalized spacial score (nSPS) is 10.2. The van der Waals surface area contributed by atoms with E-state index < -0.39 is 4.92 Å². The Balaban J connectivity index is 2.26. The van der Waals surface area contributed by atoms with Crippen molar-refractivity contribution in [3.05, 3.63) is 34.4 Å². The van der Waals surface area contributed by atoms with Gasteiger partial charge in [0.15, 0.2) is 4.34 Å². The van der Waals surface area contributed by atoms with Gasteiger partial charge in [0.05, 0.1) is 9.82 Å². The minimum atomic E-state index is -0.400. The third kappa shape index (κ3) is 2.71. The van der Waals surface area contributed by atoms with Crippen molar-refractivity contribution in [1.82, 2.24) is 10.2 Å². The quantitative estimate of drug-likeness (QED) is 0.678. The minimum absolute atomic E-state index is 0.0821. The molecule has 0 radical (unpaired) electrons. The van der Waals surface area contributed by atoms with Crippen LogP contribution < -0.4 is 5.32 Å². The number of para-hydroxylation sites is 1. The molecule has 2 aromatic rings. The zero-order valence-corrected chi connectivity index (χ0v) is 10.4. The molecule has 17 heavy (non-hydrogen) atoms. The summed E-state index contributed by atoms with van der Waals surface area (Å²) >= 11 is 2.60. The molecular formula is C9H8N4O2S2. The van der Waals surface area contributed by atoms with Crippen molar-refractivity contribution in [2.24, 2.45) is 0 Å². The van der Waals surface area contributed by atoms with Gasteiger partial charge in [0.25, 0.3) is 5.69 Å². The third-order valence-electron chi connectivity index (χ3n) is 1.88. The number of nitrogens with one attached hydrogen (secondary N) is 1. The van der Waals surface area contributed by atoms with Crippen molar-refractivity contribution in [2.75, 3.05) is 12.4 Å². The van der Waals surface area contributed by atoms with Crippen LogP contribution in [0.2, 0.25) is 0 Å². The van der Waals surface area contributed by atoms with E-state index in [1.165, 1.54) is 29.2 Å². The first-order valence-corrected chi connectivity index (χ1v) is 6.26. The maximum atomic E-state index is 10.8. The van der Waals surface area contributed by atoms with Gasteiger partial charge in [-0.05, 0) is 17.8 Å². The maximum Gasteiger partial charge on any atom is 0.283 e. The van der Waals surface area contributed by atoms with Gasteiger partial charge < -0.3 is 5.32 Å². The standard InChI is InChI=1S/C9H8N4O2S2/c1-10-8-11-12-9(17-8)16-7-5-3-2-4-6(7)13(14)15/h2-5H,1H3,(H,10,11). The number of benzene rings is 1. The Labute approximate surface area is 105 Å². The molecule has 6 nitrogen and oxygen atoms in total. The number of aromatic nitrogens is 2. The molecule has 0 unspecified atom stereocenters. The van der Waals surface area contributed by atoms with Crippen molar-refractivity contribution in [2.45, 2.75) is 9.24 Å². The van der Waals surface area contributed by atoms with E-state index in [0.717, 1.165) is 0 Å². The Morgan fingerprint density at radius 3 is 2.82 bits per heavy atom. The summed E-state index contributed by atoms with van der Waals surface area (Å²) in [6.45, 7) is 0. The lowest BCUT2D eigenvalue weighted by Gasteiger charge is -1.98. The molecule has 0 amide bonds. The number of anilines is 1. The lowest BCUT2D eigenvalue weighted by molar-refractivity contribution is -0.387. The summed E-state index contributed by atoms with van der Waals surface area (Å²) < 4.78 is 0.670. The van der Waals surface area contributed by atoms with Gasteiger partial charge in [-0.15, -0.1) is 10.2 Å². The van der Waals surface area contributed by atoms with Crippen molar-refractivity contribution >= 4 is 33.9 Å². The molecule has 1 aromatic heterocycles. The van der Waals surface area contributed by atoms with Crippen LogP contribution in [0.4, 0.5) is 10.8 Å². The molecule has 2 rings (SSSR count). The fourth-order valence-corrected chi connectivity index (χ4v) is 2.91. The number of nitro benzene ring substituents is 1. The third-order valence-corrected chi connectivity index (χ3v) is 3.94. The Morgan fingerprint density at radius 2 is 2.18 bits per heavy atom. The molecule has 8 heteroatoms. The Hall–Kier alpha value is -1.67. The average Bonchev–Trinajstić information content (AvgIpc) is 2.77. The van der Waals surface area contributed by atoms with E-state index in [-0.39, 0.29) is 5.69 Å². The summed E-state index contributed by atoms with van der Waals surface area (Å²) in [5.74, 6) is 0. The first-order valence-electron chi connectivity index (χ1n) is 4.63. The first-order chi connectivity index (χ1) is 8.20. The molecule has 1 aromatic carbocycles. The van der Waals surface area contributed by atoms with Crippen LogP contribution in [0.3, 0.4) is 0 Å². The van der Waals surface area contributed by atoms with E-state index in [2.05, 4.69) is 15.5 Å². The molecule has 0 aliphatic rings. The number of nitro groups is 1. The van der Waals surface area contributed by atoms with Gasteiger partial charge in [0.1, 0.15) is 0 Å². The number of hydrogen-bond donors (Lipinski definition) is 1. The fraction of sp³-hybridized carbons (Fsp3) is 0.111. The maximum absolute atomic E-state index is 10.8. The van der Waals surface area contributed by atoms with Crippen LogP contribution >= 0.6 is 23.1 Å². The average molecular weight is 268 g/mol. The summed E-state index contributed by atoms with van der Waals surface area (Å²) in [6.07, 6.45) is 0. The Kier molecular flexibility index (Phi) is 3.55. The monoisotopic (exact) mass is 268 g/mol. The zero-order chi connectivity index (χ0) is 12.3. The first kappa shape index (κ1) is 11.8. The van der Waals surface area contributed by atoms with Gasteiger partial charge in [0, 0.05) is 13.1 Å². The van der Waals surface area contributed by atoms with E-state index in [1.807, 2.05) is 0 Å². The molecule has 0 saturated heterocycles. The van der Waals surface area contributed by atoms with Gasteiger partial charge in [-0.3, -0.25) is 10.1 Å². The highest BCUT2D eigenvalue weighted by Gasteiger charge is 2.15. The molecule has 0 atom stereocenters. The fourth-order valence-electron chi connectivity index (χ4n) is 1.14. The molecule has 1 N–H and O–H groups in total. The summed E-state index contributed by atoms with van der Waals surface area (Å²) in [5, 5.41) is 22.2. The van der Waals surface area contributed by atoms with E-state index in [0.29, 0.717) is 14.4 Å². The minimum Gasteiger partial charge on any atom is -0.363 e. The second kappa shape index (κ2) is 5.11. The van der Waals surface area contributed by atoms with Crippen molar-refractivity contribution in [1.29, 1.82) is 0 Å². The number of nitrogens with zero attached hydrogens (tertiary/aromatic N) is 3. The van der Waals surface area contributed by atoms with Gasteiger partial charge in [-0.2, -0.15) is 0 Å². The van der Waals surface area contributed by atoms with E-state index >= 15 is 0 Å². The van der Waals surface area contributed by atoms with E-state index in [9.17, 15) is 10.1 Å². The predicted molar refractivity (Wildman–Crippen MR) is 66.7 cm³/mol. The van der Waals surface area contributed by atoms with Crippen LogP contribution in [-0.4, -0.2) is 22.2 Å². The molecule has 88 valence electrons. The molecule has 0 spiro atoms. The Morgan fingerprint density at radius 1 is 1.41 bits per heavy atom. The van der Waals surface area contributed by atoms with Gasteiger partial charge >= 0.3 is 0 Å². The van der Waals surface area contributed by atoms with Crippen LogP contribution in [0.15, 0.2) is 33.5 Å². The van der Waals surface area contributed by atoms with Gasteiger partial charge in [0.2, 0.25) is 5.13 Å². The lowest BCUT2D eigenvalue weighted by Crippen LogP contribution is -1.89. The smallest absolute Gasteiger partial charge is 0.283 e. The zero-order valence-electron chi connectivity index (χ0n) is 8.78. The second-order valence-electron chi connectivity index (χ2n) is 2.95. The predicted octanol–water partition coefficient (Wildman–Crippen LogP) is 2.64. The molecule has 0 saturated carbocycles. The highest BCUT2D eigenvalue weighted by atomic mass is 32.2. The summed E-state index contributed by atoms with van der Waals surface area (Å²) in [5.41, 5.74) is 0.0821. The second-order valence-corrected chi connectivity index (χ2v) is 5.22. The molecule has 1 heterocycles. The highest BCUT2D eigenvalue weighted by molar-refractivity contribution is 8.01. The summed E-state index contributed by atoms with van der Waals surface area (Å²) in [7, 11) is 1.75. The topological polar surface area (TPSA) is 81.0 Å². The molecule has 0 fully saturated rings. The largest absolute Gasteiger partial charge is 0.363 e. The van der Waals surface area contributed by atoms with Crippen molar-refractivity contribution < 1.29 is 4.92 Å². The SMILES string of the molecule is CNc1nnc(Sc2ccccc2[N+](=O)[O-])s1. The van der Waals surface area contributed by atoms with Gasteiger partial charge in [-0.25, -0.2) is 0 Å². The van der Waals surface area contributed by atoms with Crippen LogP contribution in [0.5, 0.6) is 0 Å². The summed E-state index contributed by atoms with van der Waals surface area (Å²) in [4.78, 5) is 11.0.